The molecule has 1 heteroatoms. The Balaban J connectivity index is 1.62. The Morgan fingerprint density at radius 3 is 2.82 bits per heavy atom. The fourth-order valence-corrected chi connectivity index (χ4v) is 5.33. The zero-order chi connectivity index (χ0) is 11.7. The van der Waals surface area contributed by atoms with Crippen molar-refractivity contribution in [3.8, 4) is 6.07 Å². The third kappa shape index (κ3) is 2.24. The zero-order valence-corrected chi connectivity index (χ0v) is 11.0. The van der Waals surface area contributed by atoms with Crippen molar-refractivity contribution in [1.29, 1.82) is 5.26 Å². The van der Waals surface area contributed by atoms with Gasteiger partial charge in [0.1, 0.15) is 0 Å². The first-order valence-electron chi connectivity index (χ1n) is 7.68. The van der Waals surface area contributed by atoms with Gasteiger partial charge in [0.05, 0.1) is 6.07 Å². The Hall–Kier alpha value is -0.510. The van der Waals surface area contributed by atoms with Crippen molar-refractivity contribution in [3.05, 3.63) is 0 Å². The number of fused-ring (bicyclic) bond motifs is 2. The lowest BCUT2D eigenvalue weighted by Crippen LogP contribution is -2.26. The van der Waals surface area contributed by atoms with Gasteiger partial charge in [-0.2, -0.15) is 5.26 Å². The van der Waals surface area contributed by atoms with E-state index in [2.05, 4.69) is 6.07 Å². The normalized spacial score (nSPS) is 43.4. The number of nitrogens with zero attached hydrogens (tertiary/aromatic N) is 1. The molecule has 3 aliphatic carbocycles. The van der Waals surface area contributed by atoms with Crippen LogP contribution in [0.5, 0.6) is 0 Å². The van der Waals surface area contributed by atoms with E-state index in [9.17, 15) is 0 Å². The van der Waals surface area contributed by atoms with Crippen molar-refractivity contribution in [2.75, 3.05) is 0 Å². The smallest absolute Gasteiger partial charge is 0.0621 e. The first-order valence-corrected chi connectivity index (χ1v) is 7.68. The van der Waals surface area contributed by atoms with E-state index in [0.717, 1.165) is 36.0 Å². The summed E-state index contributed by atoms with van der Waals surface area (Å²) in [4.78, 5) is 0. The average molecular weight is 231 g/mol. The highest BCUT2D eigenvalue weighted by Gasteiger charge is 2.50. The lowest BCUT2D eigenvalue weighted by Gasteiger charge is -2.38. The minimum atomic E-state index is 0.730. The Morgan fingerprint density at radius 2 is 1.94 bits per heavy atom. The summed E-state index contributed by atoms with van der Waals surface area (Å²) in [5.41, 5.74) is 0.730. The average Bonchev–Trinajstić information content (AvgIpc) is 2.47. The number of rotatable bonds is 4. The third-order valence-electron chi connectivity index (χ3n) is 5.85. The van der Waals surface area contributed by atoms with E-state index in [0.29, 0.717) is 0 Å². The molecule has 0 saturated heterocycles. The maximum atomic E-state index is 8.61. The first-order chi connectivity index (χ1) is 8.31. The molecule has 4 unspecified atom stereocenters. The summed E-state index contributed by atoms with van der Waals surface area (Å²) >= 11 is 0. The minimum absolute atomic E-state index is 0.730. The second kappa shape index (κ2) is 4.63. The van der Waals surface area contributed by atoms with E-state index >= 15 is 0 Å². The van der Waals surface area contributed by atoms with Crippen molar-refractivity contribution in [3.63, 3.8) is 0 Å². The number of hydrogen-bond donors (Lipinski definition) is 0. The summed E-state index contributed by atoms with van der Waals surface area (Å²) in [5, 5.41) is 8.61. The lowest BCUT2D eigenvalue weighted by molar-refractivity contribution is 0.132. The SMILES string of the molecule is N#CCCCCC12CC3CCCC(C1)C(C3)C2. The Kier molecular flexibility index (Phi) is 3.16. The second-order valence-corrected chi connectivity index (χ2v) is 7.03. The van der Waals surface area contributed by atoms with Gasteiger partial charge >= 0.3 is 0 Å². The molecule has 0 aliphatic heterocycles. The van der Waals surface area contributed by atoms with Gasteiger partial charge < -0.3 is 0 Å². The van der Waals surface area contributed by atoms with E-state index in [4.69, 9.17) is 5.26 Å². The molecular formula is C16H25N. The summed E-state index contributed by atoms with van der Waals surface area (Å²) in [6.45, 7) is 0. The Labute approximate surface area is 106 Å². The summed E-state index contributed by atoms with van der Waals surface area (Å²) in [6, 6.07) is 2.29. The molecule has 0 spiro atoms. The molecule has 17 heavy (non-hydrogen) atoms. The molecule has 94 valence electrons. The highest BCUT2D eigenvalue weighted by Crippen LogP contribution is 2.61. The van der Waals surface area contributed by atoms with Gasteiger partial charge in [0.2, 0.25) is 0 Å². The van der Waals surface area contributed by atoms with Crippen LogP contribution in [0.4, 0.5) is 0 Å². The van der Waals surface area contributed by atoms with Crippen LogP contribution in [0.3, 0.4) is 0 Å². The van der Waals surface area contributed by atoms with Crippen LogP contribution in [0.25, 0.3) is 0 Å². The molecule has 0 aromatic carbocycles. The van der Waals surface area contributed by atoms with Gasteiger partial charge in [-0.3, -0.25) is 0 Å². The topological polar surface area (TPSA) is 23.8 Å². The molecule has 0 amide bonds. The van der Waals surface area contributed by atoms with Gasteiger partial charge in [-0.25, -0.2) is 0 Å². The molecular weight excluding hydrogens is 206 g/mol. The van der Waals surface area contributed by atoms with Gasteiger partial charge in [0.25, 0.3) is 0 Å². The Morgan fingerprint density at radius 1 is 1.06 bits per heavy atom. The van der Waals surface area contributed by atoms with Gasteiger partial charge in [-0.05, 0) is 61.7 Å². The summed E-state index contributed by atoms with van der Waals surface area (Å²) in [5.74, 6) is 3.24. The zero-order valence-electron chi connectivity index (χ0n) is 11.0. The molecule has 0 radical (unpaired) electrons. The van der Waals surface area contributed by atoms with Crippen molar-refractivity contribution in [2.24, 2.45) is 23.2 Å². The van der Waals surface area contributed by atoms with Crippen LogP contribution in [0, 0.1) is 34.5 Å². The standard InChI is InChI=1S/C16H25N/c17-8-3-1-2-7-16-10-13-5-4-6-14(11-16)15(9-13)12-16/h13-15H,1-7,9-12H2. The molecule has 0 N–H and O–H groups in total. The molecule has 0 aromatic heterocycles. The van der Waals surface area contributed by atoms with Gasteiger partial charge in [0, 0.05) is 6.42 Å². The molecule has 0 heterocycles. The van der Waals surface area contributed by atoms with Crippen molar-refractivity contribution in [1.82, 2.24) is 0 Å². The fourth-order valence-electron chi connectivity index (χ4n) is 5.33. The third-order valence-corrected chi connectivity index (χ3v) is 5.85. The summed E-state index contributed by atoms with van der Waals surface area (Å²) < 4.78 is 0. The molecule has 3 fully saturated rings. The number of nitriles is 1. The highest BCUT2D eigenvalue weighted by atomic mass is 14.6. The van der Waals surface area contributed by atoms with Crippen LogP contribution in [0.1, 0.15) is 70.6 Å². The van der Waals surface area contributed by atoms with Crippen LogP contribution in [-0.2, 0) is 0 Å². The van der Waals surface area contributed by atoms with E-state index in [1.165, 1.54) is 38.5 Å². The van der Waals surface area contributed by atoms with E-state index < -0.39 is 0 Å². The lowest BCUT2D eigenvalue weighted by atomic mass is 9.67. The first kappa shape index (κ1) is 11.6. The molecule has 0 aromatic rings. The van der Waals surface area contributed by atoms with Crippen LogP contribution < -0.4 is 0 Å². The maximum Gasteiger partial charge on any atom is 0.0621 e. The molecule has 3 rings (SSSR count). The summed E-state index contributed by atoms with van der Waals surface area (Å²) in [7, 11) is 0. The number of hydrogen-bond acceptors (Lipinski definition) is 1. The summed E-state index contributed by atoms with van der Waals surface area (Å²) in [6.07, 6.45) is 15.4. The Bertz CT molecular complexity index is 312. The van der Waals surface area contributed by atoms with Crippen molar-refractivity contribution < 1.29 is 0 Å². The van der Waals surface area contributed by atoms with Crippen molar-refractivity contribution in [2.45, 2.75) is 70.6 Å². The van der Waals surface area contributed by atoms with E-state index in [1.807, 2.05) is 0 Å². The molecule has 4 atom stereocenters. The fraction of sp³-hybridized carbons (Fsp3) is 0.938. The predicted octanol–water partition coefficient (Wildman–Crippen LogP) is 4.68. The molecule has 3 saturated carbocycles. The van der Waals surface area contributed by atoms with E-state index in [1.54, 1.807) is 19.3 Å². The quantitative estimate of drug-likeness (QED) is 0.645. The van der Waals surface area contributed by atoms with E-state index in [-0.39, 0.29) is 0 Å². The molecule has 3 bridgehead atoms. The van der Waals surface area contributed by atoms with Crippen LogP contribution in [0.15, 0.2) is 0 Å². The highest BCUT2D eigenvalue weighted by molar-refractivity contribution is 5.01. The van der Waals surface area contributed by atoms with Crippen molar-refractivity contribution >= 4 is 0 Å². The van der Waals surface area contributed by atoms with Crippen LogP contribution in [0.2, 0.25) is 0 Å². The number of unbranched alkanes of at least 4 members (excludes halogenated alkanes) is 2. The van der Waals surface area contributed by atoms with Gasteiger partial charge in [-0.15, -0.1) is 0 Å². The minimum Gasteiger partial charge on any atom is -0.198 e. The van der Waals surface area contributed by atoms with Gasteiger partial charge in [0.15, 0.2) is 0 Å². The predicted molar refractivity (Wildman–Crippen MR) is 69.3 cm³/mol. The largest absolute Gasteiger partial charge is 0.198 e. The van der Waals surface area contributed by atoms with Crippen LogP contribution in [-0.4, -0.2) is 0 Å². The van der Waals surface area contributed by atoms with Gasteiger partial charge in [-0.1, -0.05) is 25.7 Å². The molecule has 3 aliphatic rings. The monoisotopic (exact) mass is 231 g/mol. The molecule has 1 nitrogen and oxygen atoms in total. The van der Waals surface area contributed by atoms with Crippen LogP contribution >= 0.6 is 0 Å². The second-order valence-electron chi connectivity index (χ2n) is 7.03. The maximum absolute atomic E-state index is 8.61.